The number of nitrogens with zero attached hydrogens (tertiary/aromatic N) is 5. The molecule has 0 bridgehead atoms. The van der Waals surface area contributed by atoms with Crippen LogP contribution in [0.15, 0.2) is 35.4 Å². The van der Waals surface area contributed by atoms with E-state index in [0.29, 0.717) is 25.3 Å². The molecule has 0 saturated carbocycles. The van der Waals surface area contributed by atoms with E-state index >= 15 is 0 Å². The smallest absolute Gasteiger partial charge is 0.272 e. The summed E-state index contributed by atoms with van der Waals surface area (Å²) in [5.41, 5.74) is 1.77. The lowest BCUT2D eigenvalue weighted by Gasteiger charge is -2.34. The van der Waals surface area contributed by atoms with Crippen molar-refractivity contribution in [3.8, 4) is 0 Å². The van der Waals surface area contributed by atoms with Crippen molar-refractivity contribution in [1.82, 2.24) is 24.1 Å². The summed E-state index contributed by atoms with van der Waals surface area (Å²) >= 11 is 0. The minimum Gasteiger partial charge on any atom is -0.335 e. The van der Waals surface area contributed by atoms with E-state index < -0.39 is 0 Å². The highest BCUT2D eigenvalue weighted by atomic mass is 16.2. The predicted molar refractivity (Wildman–Crippen MR) is 90.8 cm³/mol. The minimum atomic E-state index is 0.00158. The number of carbonyl (C=O) groups is 1. The van der Waals surface area contributed by atoms with Gasteiger partial charge in [0.05, 0.1) is 0 Å². The van der Waals surface area contributed by atoms with Crippen molar-refractivity contribution < 1.29 is 4.79 Å². The third kappa shape index (κ3) is 3.41. The summed E-state index contributed by atoms with van der Waals surface area (Å²) in [5.74, 6) is 0.0520. The molecule has 0 spiro atoms. The summed E-state index contributed by atoms with van der Waals surface area (Å²) in [6.45, 7) is 6.54. The van der Waals surface area contributed by atoms with Crippen LogP contribution in [-0.2, 0) is 20.1 Å². The quantitative estimate of drug-likeness (QED) is 0.822. The molecule has 1 aliphatic heterocycles. The topological polar surface area (TPSA) is 63.4 Å². The van der Waals surface area contributed by atoms with Gasteiger partial charge in [0, 0.05) is 64.8 Å². The molecular formula is C17H23N5O2. The van der Waals surface area contributed by atoms with Gasteiger partial charge >= 0.3 is 0 Å². The third-order valence-electron chi connectivity index (χ3n) is 4.45. The Bertz CT molecular complexity index is 771. The molecule has 3 heterocycles. The molecule has 0 atom stereocenters. The van der Waals surface area contributed by atoms with Crippen LogP contribution in [0.25, 0.3) is 0 Å². The maximum Gasteiger partial charge on any atom is 0.272 e. The second-order valence-corrected chi connectivity index (χ2v) is 6.09. The van der Waals surface area contributed by atoms with Gasteiger partial charge in [0.2, 0.25) is 5.56 Å². The van der Waals surface area contributed by atoms with Gasteiger partial charge in [-0.3, -0.25) is 19.2 Å². The molecule has 0 N–H and O–H groups in total. The number of aryl methyl sites for hydroxylation is 2. The SMILES string of the molecule is CCn1nccc1C(=O)N1CCN(Cc2ccc(=O)n(C)c2)CC1. The molecule has 0 unspecified atom stereocenters. The zero-order valence-electron chi connectivity index (χ0n) is 14.2. The molecule has 0 aliphatic carbocycles. The molecule has 1 amide bonds. The van der Waals surface area contributed by atoms with Gasteiger partial charge in [-0.2, -0.15) is 5.10 Å². The monoisotopic (exact) mass is 329 g/mol. The molecule has 7 heteroatoms. The molecule has 0 aromatic carbocycles. The van der Waals surface area contributed by atoms with E-state index in [9.17, 15) is 9.59 Å². The molecule has 24 heavy (non-hydrogen) atoms. The number of rotatable bonds is 4. The number of amides is 1. The van der Waals surface area contributed by atoms with Gasteiger partial charge in [0.1, 0.15) is 5.69 Å². The maximum absolute atomic E-state index is 12.6. The number of piperazine rings is 1. The van der Waals surface area contributed by atoms with Crippen LogP contribution in [-0.4, -0.2) is 56.2 Å². The van der Waals surface area contributed by atoms with Crippen molar-refractivity contribution in [1.29, 1.82) is 0 Å². The van der Waals surface area contributed by atoms with Crippen molar-refractivity contribution in [2.45, 2.75) is 20.0 Å². The van der Waals surface area contributed by atoms with Crippen molar-refractivity contribution in [3.05, 3.63) is 52.2 Å². The number of carbonyl (C=O) groups excluding carboxylic acids is 1. The van der Waals surface area contributed by atoms with E-state index in [0.717, 1.165) is 25.2 Å². The minimum absolute atomic E-state index is 0.00158. The van der Waals surface area contributed by atoms with E-state index in [1.807, 2.05) is 24.1 Å². The molecule has 1 saturated heterocycles. The number of aromatic nitrogens is 3. The molecular weight excluding hydrogens is 306 g/mol. The standard InChI is InChI=1S/C17H23N5O2/c1-3-22-15(6-7-18-22)17(24)21-10-8-20(9-11-21)13-14-4-5-16(23)19(2)12-14/h4-7,12H,3,8-11,13H2,1-2H3. The van der Waals surface area contributed by atoms with E-state index in [1.165, 1.54) is 0 Å². The van der Waals surface area contributed by atoms with Crippen LogP contribution < -0.4 is 5.56 Å². The van der Waals surface area contributed by atoms with Gasteiger partial charge in [0.15, 0.2) is 0 Å². The lowest BCUT2D eigenvalue weighted by Crippen LogP contribution is -2.48. The molecule has 1 aliphatic rings. The summed E-state index contributed by atoms with van der Waals surface area (Å²) in [6, 6.07) is 5.25. The van der Waals surface area contributed by atoms with Crippen LogP contribution in [0.5, 0.6) is 0 Å². The van der Waals surface area contributed by atoms with E-state index in [1.54, 1.807) is 34.6 Å². The van der Waals surface area contributed by atoms with E-state index in [4.69, 9.17) is 0 Å². The van der Waals surface area contributed by atoms with E-state index in [2.05, 4.69) is 10.00 Å². The number of hydrogen-bond donors (Lipinski definition) is 0. The van der Waals surface area contributed by atoms with Gasteiger partial charge in [-0.25, -0.2) is 0 Å². The lowest BCUT2D eigenvalue weighted by molar-refractivity contribution is 0.0616. The molecule has 0 radical (unpaired) electrons. The Hall–Kier alpha value is -2.41. The molecule has 2 aromatic rings. The zero-order valence-corrected chi connectivity index (χ0v) is 14.2. The lowest BCUT2D eigenvalue weighted by atomic mass is 10.2. The number of hydrogen-bond acceptors (Lipinski definition) is 4. The Morgan fingerprint density at radius 3 is 2.58 bits per heavy atom. The molecule has 2 aromatic heterocycles. The highest BCUT2D eigenvalue weighted by molar-refractivity contribution is 5.92. The van der Waals surface area contributed by atoms with Crippen molar-refractivity contribution in [3.63, 3.8) is 0 Å². The second-order valence-electron chi connectivity index (χ2n) is 6.09. The van der Waals surface area contributed by atoms with Gasteiger partial charge in [0.25, 0.3) is 5.91 Å². The zero-order chi connectivity index (χ0) is 17.1. The first-order chi connectivity index (χ1) is 11.6. The first kappa shape index (κ1) is 16.4. The van der Waals surface area contributed by atoms with Crippen LogP contribution in [0.3, 0.4) is 0 Å². The summed E-state index contributed by atoms with van der Waals surface area (Å²) in [7, 11) is 1.76. The van der Waals surface area contributed by atoms with Gasteiger partial charge < -0.3 is 9.47 Å². The molecule has 7 nitrogen and oxygen atoms in total. The van der Waals surface area contributed by atoms with Crippen LogP contribution in [0, 0.1) is 0 Å². The first-order valence-electron chi connectivity index (χ1n) is 8.27. The predicted octanol–water partition coefficient (Wildman–Crippen LogP) is 0.560. The summed E-state index contributed by atoms with van der Waals surface area (Å²) in [4.78, 5) is 28.2. The van der Waals surface area contributed by atoms with Crippen LogP contribution in [0.4, 0.5) is 0 Å². The Morgan fingerprint density at radius 1 is 1.17 bits per heavy atom. The third-order valence-corrected chi connectivity index (χ3v) is 4.45. The van der Waals surface area contributed by atoms with E-state index in [-0.39, 0.29) is 11.5 Å². The van der Waals surface area contributed by atoms with Gasteiger partial charge in [-0.05, 0) is 18.6 Å². The summed E-state index contributed by atoms with van der Waals surface area (Å²) in [6.07, 6.45) is 3.55. The largest absolute Gasteiger partial charge is 0.335 e. The molecule has 1 fully saturated rings. The summed E-state index contributed by atoms with van der Waals surface area (Å²) in [5, 5.41) is 4.17. The fourth-order valence-electron chi connectivity index (χ4n) is 3.04. The fourth-order valence-corrected chi connectivity index (χ4v) is 3.04. The highest BCUT2D eigenvalue weighted by Crippen LogP contribution is 2.11. The average Bonchev–Trinajstić information content (AvgIpc) is 3.07. The Kier molecular flexibility index (Phi) is 4.80. The Morgan fingerprint density at radius 2 is 1.92 bits per heavy atom. The fraction of sp³-hybridized carbons (Fsp3) is 0.471. The highest BCUT2D eigenvalue weighted by Gasteiger charge is 2.24. The number of pyridine rings is 1. The second kappa shape index (κ2) is 7.00. The Balaban J connectivity index is 1.58. The van der Waals surface area contributed by atoms with Gasteiger partial charge in [-0.1, -0.05) is 6.07 Å². The van der Waals surface area contributed by atoms with Crippen LogP contribution >= 0.6 is 0 Å². The molecule has 128 valence electrons. The first-order valence-corrected chi connectivity index (χ1v) is 8.27. The van der Waals surface area contributed by atoms with Crippen molar-refractivity contribution in [2.24, 2.45) is 7.05 Å². The van der Waals surface area contributed by atoms with Crippen LogP contribution in [0.2, 0.25) is 0 Å². The molecule has 3 rings (SSSR count). The van der Waals surface area contributed by atoms with Gasteiger partial charge in [-0.15, -0.1) is 0 Å². The van der Waals surface area contributed by atoms with Crippen molar-refractivity contribution in [2.75, 3.05) is 26.2 Å². The maximum atomic E-state index is 12.6. The van der Waals surface area contributed by atoms with Crippen LogP contribution in [0.1, 0.15) is 23.0 Å². The van der Waals surface area contributed by atoms with Crippen molar-refractivity contribution >= 4 is 5.91 Å². The normalized spacial score (nSPS) is 15.7. The Labute approximate surface area is 141 Å². The summed E-state index contributed by atoms with van der Waals surface area (Å²) < 4.78 is 3.33. The average molecular weight is 329 g/mol.